The molecule has 0 spiro atoms. The second kappa shape index (κ2) is 5.80. The molecule has 1 heterocycles. The number of benzene rings is 1. The van der Waals surface area contributed by atoms with Crippen LogP contribution in [0.15, 0.2) is 42.6 Å². The molecule has 0 bridgehead atoms. The highest BCUT2D eigenvalue weighted by Gasteiger charge is 2.24. The van der Waals surface area contributed by atoms with Crippen LogP contribution in [0.1, 0.15) is 17.2 Å². The van der Waals surface area contributed by atoms with E-state index >= 15 is 0 Å². The van der Waals surface area contributed by atoms with Gasteiger partial charge in [-0.25, -0.2) is 4.39 Å². The van der Waals surface area contributed by atoms with Crippen LogP contribution in [-0.2, 0) is 11.2 Å². The van der Waals surface area contributed by atoms with Gasteiger partial charge in [0.25, 0.3) is 0 Å². The van der Waals surface area contributed by atoms with Crippen LogP contribution in [0.3, 0.4) is 0 Å². The fourth-order valence-corrected chi connectivity index (χ4v) is 2.06. The van der Waals surface area contributed by atoms with Gasteiger partial charge in [-0.2, -0.15) is 0 Å². The van der Waals surface area contributed by atoms with Crippen LogP contribution in [0, 0.1) is 5.82 Å². The van der Waals surface area contributed by atoms with E-state index < -0.39 is 11.9 Å². The molecule has 0 radical (unpaired) electrons. The maximum Gasteiger partial charge on any atom is 0.312 e. The number of halogens is 2. The maximum absolute atomic E-state index is 12.8. The number of carboxylic acids is 1. The van der Waals surface area contributed by atoms with Crippen molar-refractivity contribution >= 4 is 17.6 Å². The zero-order chi connectivity index (χ0) is 13.8. The Morgan fingerprint density at radius 2 is 2.00 bits per heavy atom. The lowest BCUT2D eigenvalue weighted by Crippen LogP contribution is -2.16. The molecule has 3 nitrogen and oxygen atoms in total. The third-order valence-electron chi connectivity index (χ3n) is 2.77. The Hall–Kier alpha value is -1.94. The third kappa shape index (κ3) is 3.29. The average molecular weight is 280 g/mol. The predicted octanol–water partition coefficient (Wildman–Crippen LogP) is 3.29. The van der Waals surface area contributed by atoms with Crippen molar-refractivity contribution in [2.24, 2.45) is 0 Å². The first kappa shape index (κ1) is 13.5. The molecular weight excluding hydrogens is 269 g/mol. The number of aromatic nitrogens is 1. The first-order chi connectivity index (χ1) is 9.08. The Morgan fingerprint density at radius 1 is 1.32 bits per heavy atom. The van der Waals surface area contributed by atoms with E-state index in [-0.39, 0.29) is 12.2 Å². The second-order valence-corrected chi connectivity index (χ2v) is 4.50. The largest absolute Gasteiger partial charge is 0.481 e. The molecule has 1 atom stereocenters. The maximum atomic E-state index is 12.8. The molecule has 19 heavy (non-hydrogen) atoms. The van der Waals surface area contributed by atoms with Crippen LogP contribution in [0.5, 0.6) is 0 Å². The molecule has 0 saturated carbocycles. The van der Waals surface area contributed by atoms with Gasteiger partial charge in [-0.3, -0.25) is 9.78 Å². The van der Waals surface area contributed by atoms with Crippen molar-refractivity contribution in [3.63, 3.8) is 0 Å². The molecular formula is C14H11ClFNO2. The fourth-order valence-electron chi connectivity index (χ4n) is 1.81. The van der Waals surface area contributed by atoms with Crippen molar-refractivity contribution in [2.75, 3.05) is 0 Å². The van der Waals surface area contributed by atoms with Gasteiger partial charge in [-0.05, 0) is 36.2 Å². The lowest BCUT2D eigenvalue weighted by molar-refractivity contribution is -0.138. The summed E-state index contributed by atoms with van der Waals surface area (Å²) in [7, 11) is 0. The summed E-state index contributed by atoms with van der Waals surface area (Å²) in [6.45, 7) is 0. The van der Waals surface area contributed by atoms with E-state index in [1.165, 1.54) is 18.3 Å². The van der Waals surface area contributed by atoms with E-state index in [9.17, 15) is 14.3 Å². The van der Waals surface area contributed by atoms with Crippen LogP contribution in [0.25, 0.3) is 0 Å². The Balaban J connectivity index is 2.29. The van der Waals surface area contributed by atoms with E-state index in [4.69, 9.17) is 11.6 Å². The molecule has 0 amide bonds. The van der Waals surface area contributed by atoms with E-state index in [1.54, 1.807) is 24.3 Å². The summed E-state index contributed by atoms with van der Waals surface area (Å²) in [5.41, 5.74) is 1.04. The molecule has 0 aliphatic heterocycles. The van der Waals surface area contributed by atoms with Crippen molar-refractivity contribution in [1.82, 2.24) is 4.98 Å². The number of hydrogen-bond donors (Lipinski definition) is 1. The summed E-state index contributed by atoms with van der Waals surface area (Å²) in [5.74, 6) is -2.21. The van der Waals surface area contributed by atoms with Gasteiger partial charge in [0.1, 0.15) is 11.7 Å². The molecule has 2 rings (SSSR count). The predicted molar refractivity (Wildman–Crippen MR) is 69.7 cm³/mol. The monoisotopic (exact) mass is 279 g/mol. The molecule has 0 aliphatic rings. The molecule has 1 aromatic heterocycles. The fraction of sp³-hybridized carbons (Fsp3) is 0.143. The van der Waals surface area contributed by atoms with E-state index in [2.05, 4.69) is 4.98 Å². The average Bonchev–Trinajstić information content (AvgIpc) is 2.39. The molecule has 2 aromatic rings. The van der Waals surface area contributed by atoms with Crippen LogP contribution in [-0.4, -0.2) is 16.1 Å². The minimum atomic E-state index is -1.01. The topological polar surface area (TPSA) is 50.2 Å². The molecule has 1 aromatic carbocycles. The summed E-state index contributed by atoms with van der Waals surface area (Å²) in [6.07, 6.45) is 1.72. The first-order valence-corrected chi connectivity index (χ1v) is 6.03. The van der Waals surface area contributed by atoms with Gasteiger partial charge >= 0.3 is 5.97 Å². The highest BCUT2D eigenvalue weighted by Crippen LogP contribution is 2.25. The highest BCUT2D eigenvalue weighted by atomic mass is 35.5. The summed E-state index contributed by atoms with van der Waals surface area (Å²) >= 11 is 5.97. The Bertz CT molecular complexity index is 586. The van der Waals surface area contributed by atoms with Crippen LogP contribution in [0.4, 0.5) is 4.39 Å². The molecule has 1 unspecified atom stereocenters. The number of hydrogen-bond acceptors (Lipinski definition) is 2. The SMILES string of the molecule is O=C(O)C(Cc1ccc(F)cc1)c1ncccc1Cl. The van der Waals surface area contributed by atoms with Crippen molar-refractivity contribution < 1.29 is 14.3 Å². The molecule has 98 valence electrons. The van der Waals surface area contributed by atoms with Gasteiger partial charge in [0, 0.05) is 6.20 Å². The summed E-state index contributed by atoms with van der Waals surface area (Å²) in [5, 5.41) is 9.61. The van der Waals surface area contributed by atoms with E-state index in [0.29, 0.717) is 10.7 Å². The molecule has 0 fully saturated rings. The van der Waals surface area contributed by atoms with Crippen LogP contribution >= 0.6 is 11.6 Å². The van der Waals surface area contributed by atoms with Gasteiger partial charge in [-0.15, -0.1) is 0 Å². The van der Waals surface area contributed by atoms with Crippen LogP contribution in [0.2, 0.25) is 5.02 Å². The van der Waals surface area contributed by atoms with Gasteiger partial charge in [0.15, 0.2) is 0 Å². The smallest absolute Gasteiger partial charge is 0.312 e. The van der Waals surface area contributed by atoms with E-state index in [0.717, 1.165) is 5.56 Å². The molecule has 0 aliphatic carbocycles. The van der Waals surface area contributed by atoms with Gasteiger partial charge < -0.3 is 5.11 Å². The number of carboxylic acid groups (broad SMARTS) is 1. The number of aliphatic carboxylic acids is 1. The Morgan fingerprint density at radius 3 is 2.58 bits per heavy atom. The Kier molecular flexibility index (Phi) is 4.12. The minimum Gasteiger partial charge on any atom is -0.481 e. The zero-order valence-electron chi connectivity index (χ0n) is 9.88. The lowest BCUT2D eigenvalue weighted by Gasteiger charge is -2.13. The third-order valence-corrected chi connectivity index (χ3v) is 3.09. The standard InChI is InChI=1S/C14H11ClFNO2/c15-12-2-1-7-17-13(12)11(14(18)19)8-9-3-5-10(16)6-4-9/h1-7,11H,8H2,(H,18,19). The molecule has 5 heteroatoms. The van der Waals surface area contributed by atoms with Crippen molar-refractivity contribution in [2.45, 2.75) is 12.3 Å². The van der Waals surface area contributed by atoms with Crippen LogP contribution < -0.4 is 0 Å². The second-order valence-electron chi connectivity index (χ2n) is 4.09. The van der Waals surface area contributed by atoms with Crippen molar-refractivity contribution in [3.8, 4) is 0 Å². The Labute approximate surface area is 114 Å². The minimum absolute atomic E-state index is 0.215. The number of pyridine rings is 1. The van der Waals surface area contributed by atoms with Crippen molar-refractivity contribution in [3.05, 3.63) is 64.7 Å². The number of rotatable bonds is 4. The first-order valence-electron chi connectivity index (χ1n) is 5.65. The lowest BCUT2D eigenvalue weighted by atomic mass is 9.95. The quantitative estimate of drug-likeness (QED) is 0.934. The zero-order valence-corrected chi connectivity index (χ0v) is 10.6. The van der Waals surface area contributed by atoms with Crippen molar-refractivity contribution in [1.29, 1.82) is 0 Å². The summed E-state index contributed by atoms with van der Waals surface area (Å²) in [6, 6.07) is 8.96. The van der Waals surface area contributed by atoms with Gasteiger partial charge in [0.05, 0.1) is 10.7 Å². The molecule has 1 N–H and O–H groups in total. The normalized spacial score (nSPS) is 12.1. The number of nitrogens with zero attached hydrogens (tertiary/aromatic N) is 1. The summed E-state index contributed by atoms with van der Waals surface area (Å²) < 4.78 is 12.8. The molecule has 0 saturated heterocycles. The number of carbonyl (C=O) groups is 1. The summed E-state index contributed by atoms with van der Waals surface area (Å²) in [4.78, 5) is 15.4. The highest BCUT2D eigenvalue weighted by molar-refractivity contribution is 6.31. The van der Waals surface area contributed by atoms with Gasteiger partial charge in [0.2, 0.25) is 0 Å². The van der Waals surface area contributed by atoms with Gasteiger partial charge in [-0.1, -0.05) is 23.7 Å². The van der Waals surface area contributed by atoms with E-state index in [1.807, 2.05) is 0 Å².